The quantitative estimate of drug-likeness (QED) is 0.905. The number of benzene rings is 2. The number of nitrogens with zero attached hydrogens (tertiary/aromatic N) is 1. The molecule has 0 spiro atoms. The van der Waals surface area contributed by atoms with Gasteiger partial charge >= 0.3 is 5.97 Å². The summed E-state index contributed by atoms with van der Waals surface area (Å²) in [6.45, 7) is 2.26. The van der Waals surface area contributed by atoms with Crippen molar-refractivity contribution in [2.45, 2.75) is 6.92 Å². The molecule has 5 nitrogen and oxygen atoms in total. The number of rotatable bonds is 4. The van der Waals surface area contributed by atoms with Gasteiger partial charge < -0.3 is 15.1 Å². The minimum atomic E-state index is -1.03. The van der Waals surface area contributed by atoms with Gasteiger partial charge in [-0.1, -0.05) is 6.07 Å². The predicted molar refractivity (Wildman–Crippen MR) is 78.9 cm³/mol. The Kier molecular flexibility index (Phi) is 4.23. The van der Waals surface area contributed by atoms with Gasteiger partial charge in [-0.25, -0.2) is 4.79 Å². The summed E-state index contributed by atoms with van der Waals surface area (Å²) >= 11 is 0. The second-order valence-corrected chi connectivity index (χ2v) is 4.45. The van der Waals surface area contributed by atoms with Crippen molar-refractivity contribution in [2.75, 3.05) is 11.4 Å². The first kappa shape index (κ1) is 14.6. The molecule has 0 bridgehead atoms. The van der Waals surface area contributed by atoms with E-state index >= 15 is 0 Å². The van der Waals surface area contributed by atoms with Crippen molar-refractivity contribution < 1.29 is 19.8 Å². The molecule has 0 fully saturated rings. The lowest BCUT2D eigenvalue weighted by Gasteiger charge is -2.21. The maximum absolute atomic E-state index is 12.5. The average molecular weight is 285 g/mol. The minimum absolute atomic E-state index is 0.0833. The monoisotopic (exact) mass is 285 g/mol. The number of amides is 1. The van der Waals surface area contributed by atoms with Crippen LogP contribution in [0, 0.1) is 0 Å². The largest absolute Gasteiger partial charge is 0.508 e. The zero-order chi connectivity index (χ0) is 15.4. The Hall–Kier alpha value is -2.82. The molecule has 0 saturated carbocycles. The van der Waals surface area contributed by atoms with Crippen LogP contribution in [0.3, 0.4) is 0 Å². The van der Waals surface area contributed by atoms with E-state index in [1.807, 2.05) is 6.92 Å². The second kappa shape index (κ2) is 6.09. The zero-order valence-corrected chi connectivity index (χ0v) is 11.5. The number of carbonyl (C=O) groups excluding carboxylic acids is 1. The van der Waals surface area contributed by atoms with Crippen LogP contribution in [0.4, 0.5) is 5.69 Å². The third kappa shape index (κ3) is 3.20. The van der Waals surface area contributed by atoms with Gasteiger partial charge in [0.2, 0.25) is 0 Å². The fourth-order valence-electron chi connectivity index (χ4n) is 2.02. The molecule has 2 rings (SSSR count). The highest BCUT2D eigenvalue weighted by atomic mass is 16.4. The fourth-order valence-corrected chi connectivity index (χ4v) is 2.02. The number of aromatic carboxylic acids is 1. The van der Waals surface area contributed by atoms with E-state index in [0.717, 1.165) is 0 Å². The van der Waals surface area contributed by atoms with Crippen molar-refractivity contribution >= 4 is 17.6 Å². The molecule has 2 N–H and O–H groups in total. The summed E-state index contributed by atoms with van der Waals surface area (Å²) in [6, 6.07) is 12.2. The van der Waals surface area contributed by atoms with Crippen LogP contribution < -0.4 is 4.90 Å². The first-order valence-electron chi connectivity index (χ1n) is 6.47. The van der Waals surface area contributed by atoms with Crippen molar-refractivity contribution in [3.8, 4) is 5.75 Å². The van der Waals surface area contributed by atoms with Crippen molar-refractivity contribution in [1.82, 2.24) is 0 Å². The standard InChI is InChI=1S/C16H15NO4/c1-2-17(13-4-3-5-14(18)10-13)15(19)11-6-8-12(9-7-11)16(20)21/h3-10,18H,2H2,1H3,(H,20,21). The van der Waals surface area contributed by atoms with E-state index in [1.165, 1.54) is 41.3 Å². The van der Waals surface area contributed by atoms with Gasteiger partial charge in [-0.05, 0) is 43.3 Å². The van der Waals surface area contributed by atoms with Crippen LogP contribution in [0.2, 0.25) is 0 Å². The number of carboxylic acids is 1. The van der Waals surface area contributed by atoms with Crippen LogP contribution in [0.15, 0.2) is 48.5 Å². The number of carbonyl (C=O) groups is 2. The molecule has 2 aromatic carbocycles. The lowest BCUT2D eigenvalue weighted by Crippen LogP contribution is -2.30. The van der Waals surface area contributed by atoms with Gasteiger partial charge in [0, 0.05) is 23.9 Å². The molecule has 108 valence electrons. The molecule has 0 aliphatic heterocycles. The van der Waals surface area contributed by atoms with Gasteiger partial charge in [0.05, 0.1) is 5.56 Å². The predicted octanol–water partition coefficient (Wildman–Crippen LogP) is 2.76. The zero-order valence-electron chi connectivity index (χ0n) is 11.5. The number of phenolic OH excluding ortho intramolecular Hbond substituents is 1. The van der Waals surface area contributed by atoms with Gasteiger partial charge in [0.15, 0.2) is 0 Å². The van der Waals surface area contributed by atoms with Crippen LogP contribution in [0.1, 0.15) is 27.6 Å². The average Bonchev–Trinajstić information content (AvgIpc) is 2.48. The van der Waals surface area contributed by atoms with Gasteiger partial charge in [-0.3, -0.25) is 4.79 Å². The third-order valence-electron chi connectivity index (χ3n) is 3.08. The summed E-state index contributed by atoms with van der Waals surface area (Å²) in [5, 5.41) is 18.4. The molecule has 21 heavy (non-hydrogen) atoms. The molecule has 5 heteroatoms. The van der Waals surface area contributed by atoms with Crippen LogP contribution in [0.5, 0.6) is 5.75 Å². The molecule has 0 heterocycles. The van der Waals surface area contributed by atoms with E-state index in [0.29, 0.717) is 17.8 Å². The summed E-state index contributed by atoms with van der Waals surface area (Å²) in [5.41, 5.74) is 1.11. The van der Waals surface area contributed by atoms with Crippen molar-refractivity contribution in [1.29, 1.82) is 0 Å². The Balaban J connectivity index is 2.30. The smallest absolute Gasteiger partial charge is 0.335 e. The van der Waals surface area contributed by atoms with Crippen molar-refractivity contribution in [3.63, 3.8) is 0 Å². The molecular weight excluding hydrogens is 270 g/mol. The number of hydrogen-bond donors (Lipinski definition) is 2. The number of aromatic hydroxyl groups is 1. The summed E-state index contributed by atoms with van der Waals surface area (Å²) in [7, 11) is 0. The Morgan fingerprint density at radius 1 is 1.05 bits per heavy atom. The fraction of sp³-hybridized carbons (Fsp3) is 0.125. The lowest BCUT2D eigenvalue weighted by atomic mass is 10.1. The highest BCUT2D eigenvalue weighted by Crippen LogP contribution is 2.22. The number of anilines is 1. The molecule has 0 radical (unpaired) electrons. The number of hydrogen-bond acceptors (Lipinski definition) is 3. The van der Waals surface area contributed by atoms with E-state index in [9.17, 15) is 14.7 Å². The van der Waals surface area contributed by atoms with E-state index in [2.05, 4.69) is 0 Å². The molecule has 0 saturated heterocycles. The molecule has 0 atom stereocenters. The highest BCUT2D eigenvalue weighted by Gasteiger charge is 2.16. The topological polar surface area (TPSA) is 77.8 Å². The second-order valence-electron chi connectivity index (χ2n) is 4.45. The Labute approximate surface area is 122 Å². The Bertz CT molecular complexity index is 664. The van der Waals surface area contributed by atoms with Crippen molar-refractivity contribution in [2.24, 2.45) is 0 Å². The summed E-state index contributed by atoms with van der Waals surface area (Å²) < 4.78 is 0. The van der Waals surface area contributed by atoms with Gasteiger partial charge in [0.1, 0.15) is 5.75 Å². The van der Waals surface area contributed by atoms with Crippen LogP contribution in [0.25, 0.3) is 0 Å². The summed E-state index contributed by atoms with van der Waals surface area (Å²) in [6.07, 6.45) is 0. The molecule has 1 amide bonds. The van der Waals surface area contributed by atoms with Crippen LogP contribution in [-0.2, 0) is 0 Å². The normalized spacial score (nSPS) is 10.1. The van der Waals surface area contributed by atoms with Crippen LogP contribution in [-0.4, -0.2) is 28.6 Å². The van der Waals surface area contributed by atoms with Gasteiger partial charge in [-0.2, -0.15) is 0 Å². The lowest BCUT2D eigenvalue weighted by molar-refractivity contribution is 0.0696. The molecule has 0 aliphatic rings. The molecule has 2 aromatic rings. The van der Waals surface area contributed by atoms with E-state index < -0.39 is 5.97 Å². The Morgan fingerprint density at radius 2 is 1.67 bits per heavy atom. The Morgan fingerprint density at radius 3 is 2.19 bits per heavy atom. The minimum Gasteiger partial charge on any atom is -0.508 e. The molecular formula is C16H15NO4. The first-order chi connectivity index (χ1) is 10.0. The highest BCUT2D eigenvalue weighted by molar-refractivity contribution is 6.06. The van der Waals surface area contributed by atoms with E-state index in [1.54, 1.807) is 12.1 Å². The first-order valence-corrected chi connectivity index (χ1v) is 6.47. The number of phenols is 1. The van der Waals surface area contributed by atoms with E-state index in [-0.39, 0.29) is 17.2 Å². The third-order valence-corrected chi connectivity index (χ3v) is 3.08. The van der Waals surface area contributed by atoms with Gasteiger partial charge in [-0.15, -0.1) is 0 Å². The maximum Gasteiger partial charge on any atom is 0.335 e. The molecule has 0 unspecified atom stereocenters. The SMILES string of the molecule is CCN(C(=O)c1ccc(C(=O)O)cc1)c1cccc(O)c1. The van der Waals surface area contributed by atoms with Gasteiger partial charge in [0.25, 0.3) is 5.91 Å². The summed E-state index contributed by atoms with van der Waals surface area (Å²) in [5.74, 6) is -1.20. The maximum atomic E-state index is 12.5. The van der Waals surface area contributed by atoms with Crippen molar-refractivity contribution in [3.05, 3.63) is 59.7 Å². The van der Waals surface area contributed by atoms with Crippen LogP contribution >= 0.6 is 0 Å². The number of carboxylic acid groups (broad SMARTS) is 1. The summed E-state index contributed by atoms with van der Waals surface area (Å²) in [4.78, 5) is 24.8. The van der Waals surface area contributed by atoms with E-state index in [4.69, 9.17) is 5.11 Å². The molecule has 0 aliphatic carbocycles. The molecule has 0 aromatic heterocycles.